The van der Waals surface area contributed by atoms with E-state index in [0.29, 0.717) is 13.0 Å². The highest BCUT2D eigenvalue weighted by molar-refractivity contribution is 9.10. The van der Waals surface area contributed by atoms with Crippen molar-refractivity contribution in [3.05, 3.63) is 50.6 Å². The van der Waals surface area contributed by atoms with Crippen molar-refractivity contribution in [2.75, 3.05) is 0 Å². The topological polar surface area (TPSA) is 49.3 Å². The molecule has 5 heteroatoms. The third kappa shape index (κ3) is 3.58. The molecule has 0 unspecified atom stereocenters. The van der Waals surface area contributed by atoms with Crippen molar-refractivity contribution in [2.45, 2.75) is 13.0 Å². The van der Waals surface area contributed by atoms with Crippen LogP contribution >= 0.6 is 27.3 Å². The maximum atomic E-state index is 11.7. The molecule has 1 amide bonds. The largest absolute Gasteiger partial charge is 0.508 e. The second-order valence-electron chi connectivity index (χ2n) is 3.81. The Morgan fingerprint density at radius 3 is 2.61 bits per heavy atom. The zero-order valence-corrected chi connectivity index (χ0v) is 11.9. The molecular weight excluding hydrogens is 314 g/mol. The molecule has 0 aliphatic carbocycles. The van der Waals surface area contributed by atoms with Gasteiger partial charge in [-0.15, -0.1) is 11.3 Å². The van der Waals surface area contributed by atoms with Gasteiger partial charge in [0.15, 0.2) is 0 Å². The highest BCUT2D eigenvalue weighted by atomic mass is 79.9. The molecule has 3 nitrogen and oxygen atoms in total. The first-order valence-electron chi connectivity index (χ1n) is 5.41. The fourth-order valence-electron chi connectivity index (χ4n) is 1.49. The van der Waals surface area contributed by atoms with Gasteiger partial charge in [-0.3, -0.25) is 4.79 Å². The van der Waals surface area contributed by atoms with Gasteiger partial charge in [-0.05, 0) is 45.1 Å². The molecule has 2 aromatic rings. The summed E-state index contributed by atoms with van der Waals surface area (Å²) in [5.74, 6) is 0.183. The quantitative estimate of drug-likeness (QED) is 0.907. The maximum Gasteiger partial charge on any atom is 0.224 e. The molecule has 0 saturated heterocycles. The van der Waals surface area contributed by atoms with E-state index in [-0.39, 0.29) is 11.7 Å². The SMILES string of the molecule is O=C(Cc1ccc(O)cc1)NCc1sccc1Br. The van der Waals surface area contributed by atoms with Crippen LogP contribution in [0.15, 0.2) is 40.2 Å². The van der Waals surface area contributed by atoms with Crippen molar-refractivity contribution in [3.8, 4) is 5.75 Å². The number of carbonyl (C=O) groups excluding carboxylic acids is 1. The average Bonchev–Trinajstić information content (AvgIpc) is 2.75. The van der Waals surface area contributed by atoms with E-state index < -0.39 is 0 Å². The van der Waals surface area contributed by atoms with Crippen LogP contribution in [0.4, 0.5) is 0 Å². The average molecular weight is 326 g/mol. The van der Waals surface area contributed by atoms with Gasteiger partial charge in [0, 0.05) is 9.35 Å². The van der Waals surface area contributed by atoms with Crippen LogP contribution in [0.2, 0.25) is 0 Å². The third-order valence-electron chi connectivity index (χ3n) is 2.44. The van der Waals surface area contributed by atoms with Gasteiger partial charge in [0.2, 0.25) is 5.91 Å². The minimum atomic E-state index is -0.0269. The van der Waals surface area contributed by atoms with Crippen LogP contribution in [0, 0.1) is 0 Å². The Labute approximate surface area is 118 Å². The van der Waals surface area contributed by atoms with Gasteiger partial charge in [-0.25, -0.2) is 0 Å². The lowest BCUT2D eigenvalue weighted by atomic mass is 10.1. The maximum absolute atomic E-state index is 11.7. The zero-order chi connectivity index (χ0) is 13.0. The monoisotopic (exact) mass is 325 g/mol. The first-order chi connectivity index (χ1) is 8.65. The van der Waals surface area contributed by atoms with E-state index in [1.165, 1.54) is 0 Å². The second-order valence-corrected chi connectivity index (χ2v) is 5.67. The fourth-order valence-corrected chi connectivity index (χ4v) is 2.92. The van der Waals surface area contributed by atoms with Crippen LogP contribution in [-0.2, 0) is 17.8 Å². The highest BCUT2D eigenvalue weighted by Gasteiger charge is 2.06. The van der Waals surface area contributed by atoms with E-state index >= 15 is 0 Å². The number of amides is 1. The second kappa shape index (κ2) is 6.02. The number of aromatic hydroxyl groups is 1. The minimum Gasteiger partial charge on any atom is -0.508 e. The van der Waals surface area contributed by atoms with Gasteiger partial charge in [-0.2, -0.15) is 0 Å². The standard InChI is InChI=1S/C13H12BrNO2S/c14-11-5-6-18-12(11)8-15-13(17)7-9-1-3-10(16)4-2-9/h1-6,16H,7-8H2,(H,15,17). The number of nitrogens with one attached hydrogen (secondary N) is 1. The van der Waals surface area contributed by atoms with E-state index in [4.69, 9.17) is 5.11 Å². The Balaban J connectivity index is 1.86. The number of thiophene rings is 1. The third-order valence-corrected chi connectivity index (χ3v) is 4.36. The summed E-state index contributed by atoms with van der Waals surface area (Å²) in [5.41, 5.74) is 0.885. The Hall–Kier alpha value is -1.33. The van der Waals surface area contributed by atoms with Gasteiger partial charge in [0.1, 0.15) is 5.75 Å². The Kier molecular flexibility index (Phi) is 4.38. The predicted molar refractivity (Wildman–Crippen MR) is 75.7 cm³/mol. The number of phenols is 1. The van der Waals surface area contributed by atoms with Crippen molar-refractivity contribution in [3.63, 3.8) is 0 Å². The van der Waals surface area contributed by atoms with Crippen LogP contribution in [0.5, 0.6) is 5.75 Å². The van der Waals surface area contributed by atoms with Crippen molar-refractivity contribution >= 4 is 33.2 Å². The number of hydrogen-bond donors (Lipinski definition) is 2. The molecule has 0 aliphatic heterocycles. The molecule has 2 rings (SSSR count). The molecule has 1 heterocycles. The summed E-state index contributed by atoms with van der Waals surface area (Å²) in [7, 11) is 0. The van der Waals surface area contributed by atoms with Crippen LogP contribution in [0.1, 0.15) is 10.4 Å². The summed E-state index contributed by atoms with van der Waals surface area (Å²) in [6.07, 6.45) is 0.323. The van der Waals surface area contributed by atoms with Gasteiger partial charge in [0.25, 0.3) is 0 Å². The minimum absolute atomic E-state index is 0.0269. The number of carbonyl (C=O) groups is 1. The zero-order valence-electron chi connectivity index (χ0n) is 9.52. The molecule has 1 aromatic heterocycles. The fraction of sp³-hybridized carbons (Fsp3) is 0.154. The van der Waals surface area contributed by atoms with Crippen LogP contribution < -0.4 is 5.32 Å². The molecule has 0 spiro atoms. The summed E-state index contributed by atoms with van der Waals surface area (Å²) in [6, 6.07) is 8.62. The number of rotatable bonds is 4. The molecule has 1 aromatic carbocycles. The van der Waals surface area contributed by atoms with Crippen molar-refractivity contribution < 1.29 is 9.90 Å². The molecule has 94 valence electrons. The van der Waals surface area contributed by atoms with Crippen LogP contribution in [-0.4, -0.2) is 11.0 Å². The molecule has 18 heavy (non-hydrogen) atoms. The van der Waals surface area contributed by atoms with Crippen molar-refractivity contribution in [2.24, 2.45) is 0 Å². The molecule has 0 aliphatic rings. The summed E-state index contributed by atoms with van der Waals surface area (Å²) >= 11 is 5.03. The van der Waals surface area contributed by atoms with E-state index in [0.717, 1.165) is 14.9 Å². The van der Waals surface area contributed by atoms with Crippen LogP contribution in [0.3, 0.4) is 0 Å². The lowest BCUT2D eigenvalue weighted by molar-refractivity contribution is -0.120. The normalized spacial score (nSPS) is 10.3. The predicted octanol–water partition coefficient (Wildman–Crippen LogP) is 3.08. The Morgan fingerprint density at radius 2 is 2.00 bits per heavy atom. The van der Waals surface area contributed by atoms with Crippen molar-refractivity contribution in [1.29, 1.82) is 0 Å². The number of hydrogen-bond acceptors (Lipinski definition) is 3. The summed E-state index contributed by atoms with van der Waals surface area (Å²) in [5, 5.41) is 14.0. The number of halogens is 1. The number of benzene rings is 1. The highest BCUT2D eigenvalue weighted by Crippen LogP contribution is 2.22. The van der Waals surface area contributed by atoms with Crippen molar-refractivity contribution in [1.82, 2.24) is 5.32 Å². The van der Waals surface area contributed by atoms with Gasteiger partial charge in [-0.1, -0.05) is 12.1 Å². The summed E-state index contributed by atoms with van der Waals surface area (Å²) in [6.45, 7) is 0.537. The van der Waals surface area contributed by atoms with E-state index in [1.807, 2.05) is 11.4 Å². The molecular formula is C13H12BrNO2S. The molecule has 0 bridgehead atoms. The molecule has 0 saturated carbocycles. The van der Waals surface area contributed by atoms with E-state index in [2.05, 4.69) is 21.2 Å². The molecule has 0 radical (unpaired) electrons. The summed E-state index contributed by atoms with van der Waals surface area (Å²) < 4.78 is 1.03. The first kappa shape index (κ1) is 13.1. The summed E-state index contributed by atoms with van der Waals surface area (Å²) in [4.78, 5) is 12.8. The van der Waals surface area contributed by atoms with Gasteiger partial charge >= 0.3 is 0 Å². The lowest BCUT2D eigenvalue weighted by Gasteiger charge is -2.04. The Bertz CT molecular complexity index is 536. The molecule has 0 fully saturated rings. The van der Waals surface area contributed by atoms with E-state index in [9.17, 15) is 4.79 Å². The number of phenolic OH excluding ortho intramolecular Hbond substituents is 1. The first-order valence-corrected chi connectivity index (χ1v) is 7.09. The van der Waals surface area contributed by atoms with Crippen LogP contribution in [0.25, 0.3) is 0 Å². The van der Waals surface area contributed by atoms with Gasteiger partial charge < -0.3 is 10.4 Å². The Morgan fingerprint density at radius 1 is 1.28 bits per heavy atom. The smallest absolute Gasteiger partial charge is 0.224 e. The van der Waals surface area contributed by atoms with E-state index in [1.54, 1.807) is 35.6 Å². The van der Waals surface area contributed by atoms with Gasteiger partial charge in [0.05, 0.1) is 13.0 Å². The molecule has 0 atom stereocenters. The molecule has 2 N–H and O–H groups in total. The lowest BCUT2D eigenvalue weighted by Crippen LogP contribution is -2.24.